The molecule has 0 atom stereocenters. The fourth-order valence-electron chi connectivity index (χ4n) is 1.71. The van der Waals surface area contributed by atoms with Crippen LogP contribution in [0.4, 0.5) is 0 Å². The maximum absolute atomic E-state index is 10.8. The van der Waals surface area contributed by atoms with E-state index in [9.17, 15) is 4.79 Å². The topological polar surface area (TPSA) is 55.1 Å². The van der Waals surface area contributed by atoms with Gasteiger partial charge in [-0.1, -0.05) is 6.58 Å². The molecule has 1 aromatic heterocycles. The van der Waals surface area contributed by atoms with Crippen LogP contribution in [0.5, 0.6) is 0 Å². The van der Waals surface area contributed by atoms with Gasteiger partial charge < -0.3 is 5.11 Å². The summed E-state index contributed by atoms with van der Waals surface area (Å²) in [7, 11) is 0. The first-order chi connectivity index (χ1) is 6.86. The van der Waals surface area contributed by atoms with E-state index in [1.54, 1.807) is 6.92 Å². The Labute approximate surface area is 89.2 Å². The zero-order valence-electron chi connectivity index (χ0n) is 9.53. The predicted octanol–water partition coefficient (Wildman–Crippen LogP) is 2.18. The van der Waals surface area contributed by atoms with Gasteiger partial charge in [-0.25, -0.2) is 4.79 Å². The van der Waals surface area contributed by atoms with Crippen molar-refractivity contribution in [3.8, 4) is 0 Å². The number of hydrogen-bond acceptors (Lipinski definition) is 2. The Bertz CT molecular complexity index is 416. The molecule has 0 amide bonds. The van der Waals surface area contributed by atoms with Crippen molar-refractivity contribution in [2.45, 2.75) is 33.7 Å². The van der Waals surface area contributed by atoms with E-state index in [1.165, 1.54) is 0 Å². The molecule has 0 saturated carbocycles. The first-order valence-electron chi connectivity index (χ1n) is 4.84. The summed E-state index contributed by atoms with van der Waals surface area (Å²) in [6.07, 6.45) is 0. The monoisotopic (exact) mass is 208 g/mol. The molecule has 0 unspecified atom stereocenters. The molecule has 0 aromatic carbocycles. The van der Waals surface area contributed by atoms with Gasteiger partial charge in [-0.3, -0.25) is 4.68 Å². The second-order valence-electron chi connectivity index (χ2n) is 3.87. The molecule has 4 heteroatoms. The molecule has 0 fully saturated rings. The maximum atomic E-state index is 10.8. The Morgan fingerprint density at radius 3 is 2.33 bits per heavy atom. The number of carboxylic acids is 1. The number of nitrogens with zero attached hydrogens (tertiary/aromatic N) is 2. The van der Waals surface area contributed by atoms with Crippen LogP contribution < -0.4 is 0 Å². The SMILES string of the molecule is C=C(C(=O)O)c1c(C)nn(C(C)C)c1C. The number of aliphatic carboxylic acids is 1. The lowest BCUT2D eigenvalue weighted by Crippen LogP contribution is -2.06. The third-order valence-corrected chi connectivity index (χ3v) is 2.37. The summed E-state index contributed by atoms with van der Waals surface area (Å²) < 4.78 is 1.82. The molecule has 0 aliphatic carbocycles. The quantitative estimate of drug-likeness (QED) is 0.774. The molecule has 1 rings (SSSR count). The van der Waals surface area contributed by atoms with Crippen LogP contribution in [0.25, 0.3) is 5.57 Å². The zero-order chi connectivity index (χ0) is 11.7. The summed E-state index contributed by atoms with van der Waals surface area (Å²) in [6, 6.07) is 0.221. The number of rotatable bonds is 3. The summed E-state index contributed by atoms with van der Waals surface area (Å²) in [5, 5.41) is 13.2. The zero-order valence-corrected chi connectivity index (χ0v) is 9.53. The Morgan fingerprint density at radius 2 is 2.00 bits per heavy atom. The van der Waals surface area contributed by atoms with E-state index in [4.69, 9.17) is 5.11 Å². The third-order valence-electron chi connectivity index (χ3n) is 2.37. The number of hydrogen-bond donors (Lipinski definition) is 1. The third kappa shape index (κ3) is 1.93. The van der Waals surface area contributed by atoms with Gasteiger partial charge in [0.1, 0.15) is 0 Å². The van der Waals surface area contributed by atoms with Gasteiger partial charge in [0, 0.05) is 17.3 Å². The molecule has 0 saturated heterocycles. The second-order valence-corrected chi connectivity index (χ2v) is 3.87. The van der Waals surface area contributed by atoms with Crippen LogP contribution in [-0.4, -0.2) is 20.9 Å². The lowest BCUT2D eigenvalue weighted by molar-refractivity contribution is -0.130. The van der Waals surface area contributed by atoms with Gasteiger partial charge in [0.2, 0.25) is 0 Å². The summed E-state index contributed by atoms with van der Waals surface area (Å²) in [6.45, 7) is 11.2. The van der Waals surface area contributed by atoms with Gasteiger partial charge in [-0.05, 0) is 27.7 Å². The van der Waals surface area contributed by atoms with Crippen LogP contribution >= 0.6 is 0 Å². The van der Waals surface area contributed by atoms with E-state index in [1.807, 2.05) is 25.5 Å². The lowest BCUT2D eigenvalue weighted by atomic mass is 10.1. The van der Waals surface area contributed by atoms with Crippen LogP contribution in [0, 0.1) is 13.8 Å². The molecule has 4 nitrogen and oxygen atoms in total. The van der Waals surface area contributed by atoms with Gasteiger partial charge in [0.15, 0.2) is 0 Å². The van der Waals surface area contributed by atoms with Gasteiger partial charge in [-0.2, -0.15) is 5.10 Å². The van der Waals surface area contributed by atoms with Crippen molar-refractivity contribution in [1.29, 1.82) is 0 Å². The van der Waals surface area contributed by atoms with Crippen LogP contribution in [0.1, 0.15) is 36.8 Å². The number of carbonyl (C=O) groups is 1. The average Bonchev–Trinajstić information content (AvgIpc) is 2.41. The van der Waals surface area contributed by atoms with Crippen LogP contribution in [-0.2, 0) is 4.79 Å². The fraction of sp³-hybridized carbons (Fsp3) is 0.455. The molecule has 1 N–H and O–H groups in total. The number of aromatic nitrogens is 2. The molecule has 0 spiro atoms. The van der Waals surface area contributed by atoms with E-state index in [0.29, 0.717) is 11.3 Å². The molecular weight excluding hydrogens is 192 g/mol. The van der Waals surface area contributed by atoms with E-state index in [-0.39, 0.29) is 11.6 Å². The first-order valence-corrected chi connectivity index (χ1v) is 4.84. The highest BCUT2D eigenvalue weighted by Crippen LogP contribution is 2.23. The van der Waals surface area contributed by atoms with E-state index in [2.05, 4.69) is 11.7 Å². The summed E-state index contributed by atoms with van der Waals surface area (Å²) in [4.78, 5) is 10.8. The van der Waals surface area contributed by atoms with Crippen molar-refractivity contribution in [3.05, 3.63) is 23.5 Å². The van der Waals surface area contributed by atoms with Crippen LogP contribution in [0.15, 0.2) is 6.58 Å². The molecule has 0 aliphatic heterocycles. The highest BCUT2D eigenvalue weighted by molar-refractivity contribution is 6.15. The standard InChI is InChI=1S/C11H16N2O2/c1-6(2)13-9(5)10(8(4)12-13)7(3)11(14)15/h6H,3H2,1-2,4-5H3,(H,14,15). The molecule has 0 aliphatic rings. The van der Waals surface area contributed by atoms with E-state index < -0.39 is 5.97 Å². The Kier molecular flexibility index (Phi) is 2.98. The van der Waals surface area contributed by atoms with Crippen molar-refractivity contribution >= 4 is 11.5 Å². The summed E-state index contributed by atoms with van der Waals surface area (Å²) in [5.74, 6) is -0.996. The van der Waals surface area contributed by atoms with Gasteiger partial charge in [0.25, 0.3) is 0 Å². The minimum atomic E-state index is -0.996. The van der Waals surface area contributed by atoms with Crippen molar-refractivity contribution in [2.24, 2.45) is 0 Å². The molecule has 0 bridgehead atoms. The average molecular weight is 208 g/mol. The Morgan fingerprint density at radius 1 is 1.47 bits per heavy atom. The maximum Gasteiger partial charge on any atom is 0.335 e. The van der Waals surface area contributed by atoms with E-state index >= 15 is 0 Å². The fourth-order valence-corrected chi connectivity index (χ4v) is 1.71. The highest BCUT2D eigenvalue weighted by atomic mass is 16.4. The Hall–Kier alpha value is -1.58. The normalized spacial score (nSPS) is 10.7. The predicted molar refractivity (Wildman–Crippen MR) is 58.8 cm³/mol. The lowest BCUT2D eigenvalue weighted by Gasteiger charge is -2.08. The van der Waals surface area contributed by atoms with E-state index in [0.717, 1.165) is 5.69 Å². The van der Waals surface area contributed by atoms with Gasteiger partial charge in [-0.15, -0.1) is 0 Å². The number of aryl methyl sites for hydroxylation is 1. The highest BCUT2D eigenvalue weighted by Gasteiger charge is 2.19. The molecule has 15 heavy (non-hydrogen) atoms. The minimum absolute atomic E-state index is 0.108. The minimum Gasteiger partial charge on any atom is -0.478 e. The van der Waals surface area contributed by atoms with Gasteiger partial charge in [0.05, 0.1) is 11.3 Å². The molecule has 82 valence electrons. The summed E-state index contributed by atoms with van der Waals surface area (Å²) in [5.41, 5.74) is 2.33. The van der Waals surface area contributed by atoms with Crippen molar-refractivity contribution < 1.29 is 9.90 Å². The largest absolute Gasteiger partial charge is 0.478 e. The molecular formula is C11H16N2O2. The first kappa shape index (κ1) is 11.5. The second kappa shape index (κ2) is 3.88. The molecule has 0 radical (unpaired) electrons. The number of carboxylic acid groups (broad SMARTS) is 1. The van der Waals surface area contributed by atoms with Crippen molar-refractivity contribution in [3.63, 3.8) is 0 Å². The van der Waals surface area contributed by atoms with Crippen LogP contribution in [0.3, 0.4) is 0 Å². The molecule has 1 aromatic rings. The summed E-state index contributed by atoms with van der Waals surface area (Å²) >= 11 is 0. The smallest absolute Gasteiger partial charge is 0.335 e. The van der Waals surface area contributed by atoms with Gasteiger partial charge >= 0.3 is 5.97 Å². The molecule has 1 heterocycles. The Balaban J connectivity index is 3.31. The van der Waals surface area contributed by atoms with Crippen LogP contribution in [0.2, 0.25) is 0 Å². The van der Waals surface area contributed by atoms with Crippen molar-refractivity contribution in [2.75, 3.05) is 0 Å². The van der Waals surface area contributed by atoms with Crippen molar-refractivity contribution in [1.82, 2.24) is 9.78 Å².